The molecule has 0 saturated carbocycles. The SMILES string of the molecule is N#Cc1cnn(-c2c(Cl)cc(Cl)cc2Cl)c1C[n+]1ccccc1. The minimum atomic E-state index is 0.370. The molecule has 0 N–H and O–H groups in total. The summed E-state index contributed by atoms with van der Waals surface area (Å²) in [6, 6.07) is 11.1. The van der Waals surface area contributed by atoms with E-state index in [1.54, 1.807) is 16.8 Å². The lowest BCUT2D eigenvalue weighted by atomic mass is 10.2. The zero-order chi connectivity index (χ0) is 16.4. The normalized spacial score (nSPS) is 10.5. The second-order valence-corrected chi connectivity index (χ2v) is 6.05. The number of hydrogen-bond donors (Lipinski definition) is 0. The van der Waals surface area contributed by atoms with Crippen molar-refractivity contribution in [3.8, 4) is 11.8 Å². The van der Waals surface area contributed by atoms with Crippen LogP contribution >= 0.6 is 34.8 Å². The number of benzene rings is 1. The quantitative estimate of drug-likeness (QED) is 0.658. The highest BCUT2D eigenvalue weighted by Gasteiger charge is 2.20. The average Bonchev–Trinajstić information content (AvgIpc) is 2.90. The fraction of sp³-hybridized carbons (Fsp3) is 0.0625. The third kappa shape index (κ3) is 3.18. The Kier molecular flexibility index (Phi) is 4.53. The lowest BCUT2D eigenvalue weighted by molar-refractivity contribution is -0.689. The number of nitrogens with zero attached hydrogens (tertiary/aromatic N) is 4. The zero-order valence-corrected chi connectivity index (χ0v) is 14.0. The summed E-state index contributed by atoms with van der Waals surface area (Å²) >= 11 is 18.5. The van der Waals surface area contributed by atoms with E-state index in [2.05, 4.69) is 11.2 Å². The van der Waals surface area contributed by atoms with Gasteiger partial charge in [-0.1, -0.05) is 40.9 Å². The van der Waals surface area contributed by atoms with Crippen LogP contribution in [-0.4, -0.2) is 9.78 Å². The molecule has 0 fully saturated rings. The van der Waals surface area contributed by atoms with Gasteiger partial charge in [0.05, 0.1) is 16.2 Å². The number of hydrogen-bond acceptors (Lipinski definition) is 2. The molecule has 0 aliphatic rings. The fourth-order valence-electron chi connectivity index (χ4n) is 2.26. The summed E-state index contributed by atoms with van der Waals surface area (Å²) in [4.78, 5) is 0. The first-order chi connectivity index (χ1) is 11.1. The molecular weight excluding hydrogens is 355 g/mol. The van der Waals surface area contributed by atoms with E-state index in [4.69, 9.17) is 34.8 Å². The van der Waals surface area contributed by atoms with Crippen LogP contribution in [0.5, 0.6) is 0 Å². The van der Waals surface area contributed by atoms with Gasteiger partial charge in [0.25, 0.3) is 0 Å². The van der Waals surface area contributed by atoms with E-state index in [0.29, 0.717) is 38.6 Å². The minimum Gasteiger partial charge on any atom is -0.227 e. The molecular formula is C16H10Cl3N4+. The monoisotopic (exact) mass is 363 g/mol. The molecule has 0 aliphatic heterocycles. The second-order valence-electron chi connectivity index (χ2n) is 4.79. The van der Waals surface area contributed by atoms with Crippen LogP contribution in [0.4, 0.5) is 0 Å². The second kappa shape index (κ2) is 6.59. The highest BCUT2D eigenvalue weighted by atomic mass is 35.5. The first kappa shape index (κ1) is 15.8. The smallest absolute Gasteiger partial charge is 0.191 e. The zero-order valence-electron chi connectivity index (χ0n) is 11.7. The predicted octanol–water partition coefficient (Wildman–Crippen LogP) is 4.04. The number of pyridine rings is 1. The van der Waals surface area contributed by atoms with Gasteiger partial charge in [0.2, 0.25) is 0 Å². The van der Waals surface area contributed by atoms with Crippen molar-refractivity contribution in [2.45, 2.75) is 6.54 Å². The molecule has 23 heavy (non-hydrogen) atoms. The van der Waals surface area contributed by atoms with Gasteiger partial charge in [0.1, 0.15) is 23.0 Å². The molecule has 0 atom stereocenters. The molecule has 0 amide bonds. The Morgan fingerprint density at radius 3 is 2.35 bits per heavy atom. The molecule has 0 aliphatic carbocycles. The van der Waals surface area contributed by atoms with Gasteiger partial charge < -0.3 is 0 Å². The van der Waals surface area contributed by atoms with Crippen LogP contribution in [0.15, 0.2) is 48.9 Å². The number of nitriles is 1. The summed E-state index contributed by atoms with van der Waals surface area (Å²) in [6.45, 7) is 0.457. The standard InChI is InChI=1S/C16H10Cl3N4/c17-12-6-13(18)16(14(19)7-12)23-15(11(8-20)9-21-23)10-22-4-2-1-3-5-22/h1-7,9H,10H2/q+1. The fourth-order valence-corrected chi connectivity index (χ4v) is 3.24. The van der Waals surface area contributed by atoms with Crippen LogP contribution in [0.1, 0.15) is 11.3 Å². The largest absolute Gasteiger partial charge is 0.227 e. The van der Waals surface area contributed by atoms with E-state index >= 15 is 0 Å². The van der Waals surface area contributed by atoms with Crippen molar-refractivity contribution in [1.29, 1.82) is 5.26 Å². The van der Waals surface area contributed by atoms with Crippen molar-refractivity contribution in [1.82, 2.24) is 9.78 Å². The van der Waals surface area contributed by atoms with Crippen LogP contribution in [0, 0.1) is 11.3 Å². The molecule has 0 saturated heterocycles. The van der Waals surface area contributed by atoms with Gasteiger partial charge in [-0.2, -0.15) is 14.9 Å². The van der Waals surface area contributed by atoms with Crippen LogP contribution in [-0.2, 0) is 6.54 Å². The summed E-state index contributed by atoms with van der Waals surface area (Å²) in [5, 5.41) is 14.8. The van der Waals surface area contributed by atoms with Crippen molar-refractivity contribution in [2.75, 3.05) is 0 Å². The van der Waals surface area contributed by atoms with Crippen molar-refractivity contribution in [3.05, 3.63) is 75.2 Å². The van der Waals surface area contributed by atoms with E-state index in [0.717, 1.165) is 0 Å². The Hall–Kier alpha value is -2.06. The Balaban J connectivity index is 2.15. The average molecular weight is 365 g/mol. The topological polar surface area (TPSA) is 45.5 Å². The number of aromatic nitrogens is 3. The summed E-state index contributed by atoms with van der Waals surface area (Å²) in [5.74, 6) is 0. The Bertz CT molecular complexity index is 874. The van der Waals surface area contributed by atoms with Crippen LogP contribution in [0.2, 0.25) is 15.1 Å². The molecule has 7 heteroatoms. The summed E-state index contributed by atoms with van der Waals surface area (Å²) < 4.78 is 3.52. The summed E-state index contributed by atoms with van der Waals surface area (Å²) in [7, 11) is 0. The molecule has 3 aromatic rings. The van der Waals surface area contributed by atoms with Crippen molar-refractivity contribution in [2.24, 2.45) is 0 Å². The van der Waals surface area contributed by atoms with Gasteiger partial charge in [-0.15, -0.1) is 0 Å². The van der Waals surface area contributed by atoms with Crippen molar-refractivity contribution < 1.29 is 4.57 Å². The van der Waals surface area contributed by atoms with Crippen LogP contribution in [0.3, 0.4) is 0 Å². The van der Waals surface area contributed by atoms with E-state index in [1.165, 1.54) is 6.20 Å². The highest BCUT2D eigenvalue weighted by molar-refractivity contribution is 6.40. The maximum absolute atomic E-state index is 9.34. The van der Waals surface area contributed by atoms with E-state index in [-0.39, 0.29) is 0 Å². The van der Waals surface area contributed by atoms with E-state index in [9.17, 15) is 5.26 Å². The molecule has 2 heterocycles. The Morgan fingerprint density at radius 1 is 1.09 bits per heavy atom. The number of halogens is 3. The summed E-state index contributed by atoms with van der Waals surface area (Å²) in [6.07, 6.45) is 5.31. The highest BCUT2D eigenvalue weighted by Crippen LogP contribution is 2.33. The van der Waals surface area contributed by atoms with Gasteiger partial charge >= 0.3 is 0 Å². The molecule has 0 radical (unpaired) electrons. The first-order valence-electron chi connectivity index (χ1n) is 6.66. The van der Waals surface area contributed by atoms with E-state index < -0.39 is 0 Å². The van der Waals surface area contributed by atoms with Gasteiger partial charge in [-0.3, -0.25) is 0 Å². The van der Waals surface area contributed by atoms with Crippen molar-refractivity contribution in [3.63, 3.8) is 0 Å². The first-order valence-corrected chi connectivity index (χ1v) is 7.79. The molecule has 0 bridgehead atoms. The molecule has 1 aromatic carbocycles. The molecule has 114 valence electrons. The third-order valence-corrected chi connectivity index (χ3v) is 4.09. The van der Waals surface area contributed by atoms with Gasteiger partial charge in [0, 0.05) is 17.2 Å². The predicted molar refractivity (Wildman–Crippen MR) is 89.0 cm³/mol. The summed E-state index contributed by atoms with van der Waals surface area (Å²) in [5.41, 5.74) is 1.66. The molecule has 3 rings (SSSR count). The molecule has 0 unspecified atom stereocenters. The van der Waals surface area contributed by atoms with Crippen LogP contribution in [0.25, 0.3) is 5.69 Å². The lowest BCUT2D eigenvalue weighted by Gasteiger charge is -2.10. The maximum atomic E-state index is 9.34. The Labute approximate surface area is 148 Å². The Morgan fingerprint density at radius 2 is 1.74 bits per heavy atom. The third-order valence-electron chi connectivity index (χ3n) is 3.29. The maximum Gasteiger partial charge on any atom is 0.191 e. The van der Waals surface area contributed by atoms with Gasteiger partial charge in [-0.25, -0.2) is 4.68 Å². The number of rotatable bonds is 3. The molecule has 0 spiro atoms. The van der Waals surface area contributed by atoms with Gasteiger partial charge in [-0.05, 0) is 12.1 Å². The van der Waals surface area contributed by atoms with Gasteiger partial charge in [0.15, 0.2) is 18.9 Å². The van der Waals surface area contributed by atoms with E-state index in [1.807, 2.05) is 35.2 Å². The van der Waals surface area contributed by atoms with Crippen LogP contribution < -0.4 is 4.57 Å². The van der Waals surface area contributed by atoms with Crippen molar-refractivity contribution >= 4 is 34.8 Å². The molecule has 4 nitrogen and oxygen atoms in total. The minimum absolute atomic E-state index is 0.370. The molecule has 2 aromatic heterocycles. The lowest BCUT2D eigenvalue weighted by Crippen LogP contribution is -2.34.